The number of amides is 1. The van der Waals surface area contributed by atoms with E-state index < -0.39 is 48.4 Å². The van der Waals surface area contributed by atoms with Crippen molar-refractivity contribution in [3.8, 4) is 5.75 Å². The number of phosphoric acid groups is 1. The molecule has 18 heteroatoms. The normalized spacial score (nSPS) is 12.4. The number of hydrogen-bond acceptors (Lipinski definition) is 9. The number of nitrogens with one attached hydrogen (secondary N) is 3. The Balaban J connectivity index is 2.32. The van der Waals surface area contributed by atoms with E-state index in [1.165, 1.54) is 6.20 Å². The van der Waals surface area contributed by atoms with Crippen LogP contribution in [0.1, 0.15) is 16.7 Å². The molecule has 246 valence electrons. The zero-order valence-corrected chi connectivity index (χ0v) is 29.6. The highest BCUT2D eigenvalue weighted by atomic mass is 32.1. The Morgan fingerprint density at radius 2 is 1.64 bits per heavy atom. The van der Waals surface area contributed by atoms with Crippen LogP contribution in [0, 0.1) is 6.92 Å². The smallest absolute Gasteiger partial charge is 0.444 e. The van der Waals surface area contributed by atoms with Crippen molar-refractivity contribution in [1.82, 2.24) is 10.4 Å². The average Bonchev–Trinajstić information content (AvgIpc) is 2.86. The molecule has 0 spiro atoms. The van der Waals surface area contributed by atoms with Gasteiger partial charge in [0.25, 0.3) is 0 Å². The number of thiocarbonyl (C=S) groups is 1. The van der Waals surface area contributed by atoms with Gasteiger partial charge in [-0.25, -0.2) is 14.3 Å². The number of aromatic nitrogens is 1. The Bertz CT molecular complexity index is 1330. The van der Waals surface area contributed by atoms with Crippen LogP contribution in [0.4, 0.5) is 29.5 Å². The quantitative estimate of drug-likeness (QED) is 0.0635. The van der Waals surface area contributed by atoms with E-state index in [0.29, 0.717) is 17.7 Å². The molecule has 44 heavy (non-hydrogen) atoms. The SMILES string of the molecule is Cc1ccnc(NNC(N)=S)c1NC(=O)OCc1cc(C(F)(F)F)ccc1OP(=O)(OCC[Si](C)(C)C)OCC[Si](C)(C)C. The molecule has 0 aliphatic heterocycles. The number of alkyl halides is 3. The fraction of sp³-hybridized carbons (Fsp3) is 0.500. The van der Waals surface area contributed by atoms with Gasteiger partial charge >= 0.3 is 20.1 Å². The van der Waals surface area contributed by atoms with Crippen molar-refractivity contribution in [2.24, 2.45) is 5.73 Å². The van der Waals surface area contributed by atoms with Crippen molar-refractivity contribution in [3.05, 3.63) is 47.2 Å². The molecule has 1 heterocycles. The lowest BCUT2D eigenvalue weighted by molar-refractivity contribution is -0.137. The molecule has 0 aliphatic rings. The van der Waals surface area contributed by atoms with Gasteiger partial charge in [0.15, 0.2) is 10.9 Å². The second-order valence-corrected chi connectivity index (χ2v) is 25.6. The van der Waals surface area contributed by atoms with Crippen LogP contribution in [-0.4, -0.2) is 45.6 Å². The minimum absolute atomic E-state index is 0.0786. The fourth-order valence-corrected chi connectivity index (χ4v) is 6.36. The zero-order valence-electron chi connectivity index (χ0n) is 25.9. The Hall–Kier alpha value is -2.70. The minimum atomic E-state index is -4.70. The van der Waals surface area contributed by atoms with E-state index in [9.17, 15) is 22.5 Å². The summed E-state index contributed by atoms with van der Waals surface area (Å²) in [6.45, 7) is 13.9. The van der Waals surface area contributed by atoms with Crippen LogP contribution in [0.5, 0.6) is 5.75 Å². The van der Waals surface area contributed by atoms with Gasteiger partial charge in [-0.2, -0.15) is 13.2 Å². The molecule has 11 nitrogen and oxygen atoms in total. The number of benzene rings is 1. The fourth-order valence-electron chi connectivity index (χ4n) is 3.31. The molecule has 2 rings (SSSR count). The first kappa shape index (κ1) is 37.5. The maximum atomic E-state index is 13.7. The Morgan fingerprint density at radius 3 is 2.16 bits per heavy atom. The first-order valence-corrected chi connectivity index (χ1v) is 23.0. The summed E-state index contributed by atoms with van der Waals surface area (Å²) >= 11 is 4.76. The van der Waals surface area contributed by atoms with E-state index in [0.717, 1.165) is 18.2 Å². The third-order valence-corrected chi connectivity index (χ3v) is 10.8. The summed E-state index contributed by atoms with van der Waals surface area (Å²) in [6, 6.07) is 5.45. The van der Waals surface area contributed by atoms with Crippen molar-refractivity contribution in [2.45, 2.75) is 71.1 Å². The molecule has 1 aromatic carbocycles. The van der Waals surface area contributed by atoms with Gasteiger partial charge in [0.05, 0.1) is 24.5 Å². The number of ether oxygens (including phenoxy) is 1. The first-order chi connectivity index (χ1) is 20.2. The van der Waals surface area contributed by atoms with Crippen molar-refractivity contribution < 1.29 is 40.8 Å². The molecule has 1 amide bonds. The summed E-state index contributed by atoms with van der Waals surface area (Å²) < 4.78 is 76.7. The largest absolute Gasteiger partial charge is 0.530 e. The lowest BCUT2D eigenvalue weighted by Gasteiger charge is -2.24. The third kappa shape index (κ3) is 13.5. The number of carbonyl (C=O) groups excluding carboxylic acids is 1. The van der Waals surface area contributed by atoms with Crippen LogP contribution in [0.3, 0.4) is 0 Å². The Morgan fingerprint density at radius 1 is 1.05 bits per heavy atom. The average molecular weight is 696 g/mol. The van der Waals surface area contributed by atoms with E-state index in [1.54, 1.807) is 13.0 Å². The molecule has 0 atom stereocenters. The number of anilines is 2. The van der Waals surface area contributed by atoms with Crippen molar-refractivity contribution in [1.29, 1.82) is 0 Å². The van der Waals surface area contributed by atoms with E-state index in [-0.39, 0.29) is 41.1 Å². The topological polar surface area (TPSA) is 146 Å². The predicted molar refractivity (Wildman–Crippen MR) is 174 cm³/mol. The Labute approximate surface area is 263 Å². The molecule has 0 unspecified atom stereocenters. The maximum Gasteiger partial charge on any atom is 0.530 e. The van der Waals surface area contributed by atoms with Crippen LogP contribution in [-0.2, 0) is 31.1 Å². The van der Waals surface area contributed by atoms with Gasteiger partial charge in [0, 0.05) is 27.9 Å². The number of phosphoric ester groups is 1. The molecule has 5 N–H and O–H groups in total. The zero-order chi connectivity index (χ0) is 33.3. The summed E-state index contributed by atoms with van der Waals surface area (Å²) in [5.74, 6) is -0.0829. The van der Waals surface area contributed by atoms with E-state index >= 15 is 0 Å². The number of nitrogens with zero attached hydrogens (tertiary/aromatic N) is 1. The molecule has 0 saturated carbocycles. The molecular weight excluding hydrogens is 655 g/mol. The van der Waals surface area contributed by atoms with Gasteiger partial charge in [-0.1, -0.05) is 39.3 Å². The number of hydrazine groups is 1. The van der Waals surface area contributed by atoms with Gasteiger partial charge in [-0.15, -0.1) is 0 Å². The van der Waals surface area contributed by atoms with Crippen LogP contribution < -0.4 is 26.4 Å². The monoisotopic (exact) mass is 695 g/mol. The van der Waals surface area contributed by atoms with Crippen molar-refractivity contribution in [3.63, 3.8) is 0 Å². The van der Waals surface area contributed by atoms with Gasteiger partial charge in [-0.3, -0.25) is 25.2 Å². The number of carbonyl (C=O) groups is 1. The van der Waals surface area contributed by atoms with Crippen LogP contribution >= 0.6 is 20.0 Å². The lowest BCUT2D eigenvalue weighted by Crippen LogP contribution is -2.34. The summed E-state index contributed by atoms with van der Waals surface area (Å²) in [6.07, 6.45) is -4.24. The molecule has 0 radical (unpaired) electrons. The van der Waals surface area contributed by atoms with Gasteiger partial charge in [-0.05, 0) is 61.1 Å². The highest BCUT2D eigenvalue weighted by molar-refractivity contribution is 7.80. The predicted octanol–water partition coefficient (Wildman–Crippen LogP) is 7.51. The third-order valence-electron chi connectivity index (χ3n) is 5.85. The van der Waals surface area contributed by atoms with Gasteiger partial charge in [0.1, 0.15) is 12.4 Å². The second-order valence-electron chi connectivity index (χ2n) is 12.3. The lowest BCUT2D eigenvalue weighted by atomic mass is 10.1. The molecule has 0 bridgehead atoms. The Kier molecular flexibility index (Phi) is 13.2. The highest BCUT2D eigenvalue weighted by Crippen LogP contribution is 2.51. The molecule has 1 aromatic heterocycles. The van der Waals surface area contributed by atoms with E-state index in [4.69, 9.17) is 36.3 Å². The molecule has 0 saturated heterocycles. The van der Waals surface area contributed by atoms with E-state index in [1.807, 2.05) is 0 Å². The summed E-state index contributed by atoms with van der Waals surface area (Å²) in [7, 11) is -7.45. The summed E-state index contributed by atoms with van der Waals surface area (Å²) in [4.78, 5) is 16.9. The molecule has 0 aliphatic carbocycles. The summed E-state index contributed by atoms with van der Waals surface area (Å²) in [5.41, 5.74) is 10.1. The van der Waals surface area contributed by atoms with Crippen LogP contribution in [0.25, 0.3) is 0 Å². The van der Waals surface area contributed by atoms with Crippen molar-refractivity contribution in [2.75, 3.05) is 24.0 Å². The summed E-state index contributed by atoms with van der Waals surface area (Å²) in [5, 5.41) is 2.42. The van der Waals surface area contributed by atoms with Crippen LogP contribution in [0.2, 0.25) is 51.4 Å². The maximum absolute atomic E-state index is 13.7. The number of aryl methyl sites for hydroxylation is 1. The number of pyridine rings is 1. The van der Waals surface area contributed by atoms with Gasteiger partial charge in [0.2, 0.25) is 0 Å². The molecule has 2 aromatic rings. The number of hydrogen-bond donors (Lipinski definition) is 4. The molecular formula is C26H41F3N5O6PSSi2. The van der Waals surface area contributed by atoms with Crippen molar-refractivity contribution >= 4 is 58.9 Å². The minimum Gasteiger partial charge on any atom is -0.444 e. The molecule has 0 fully saturated rings. The number of rotatable bonds is 15. The number of nitrogens with two attached hydrogens (primary N) is 1. The first-order valence-electron chi connectivity index (χ1n) is 13.7. The second kappa shape index (κ2) is 15.5. The highest BCUT2D eigenvalue weighted by Gasteiger charge is 2.34. The standard InChI is InChI=1S/C26H41F3N5O6PSSi2/c1-18-10-11-31-23(33-34-24(30)42)22(18)32-25(35)37-17-19-16-20(26(27,28)29)8-9-21(19)40-41(36,38-12-14-43(2,3)4)39-13-15-44(5,6)7/h8-11,16H,12-15,17H2,1-7H3,(H,31,33)(H,32,35)(H3,30,34,42). The van der Waals surface area contributed by atoms with E-state index in [2.05, 4.69) is 60.4 Å². The number of halogens is 3. The van der Waals surface area contributed by atoms with Gasteiger partial charge < -0.3 is 15.0 Å². The van der Waals surface area contributed by atoms with Crippen LogP contribution in [0.15, 0.2) is 30.5 Å².